The first-order chi connectivity index (χ1) is 9.96. The molecule has 0 amide bonds. The minimum Gasteiger partial charge on any atom is -0.304 e. The number of sulfonamides is 1. The summed E-state index contributed by atoms with van der Waals surface area (Å²) in [6, 6.07) is 3.55. The fourth-order valence-corrected chi connectivity index (χ4v) is 5.76. The van der Waals surface area contributed by atoms with Crippen molar-refractivity contribution in [2.24, 2.45) is 0 Å². The van der Waals surface area contributed by atoms with Gasteiger partial charge in [-0.1, -0.05) is 0 Å². The van der Waals surface area contributed by atoms with E-state index in [0.717, 1.165) is 28.7 Å². The molecule has 1 fully saturated rings. The van der Waals surface area contributed by atoms with Crippen LogP contribution in [-0.2, 0) is 10.0 Å². The van der Waals surface area contributed by atoms with Gasteiger partial charge in [-0.3, -0.25) is 0 Å². The van der Waals surface area contributed by atoms with Crippen LogP contribution in [0.1, 0.15) is 5.01 Å². The van der Waals surface area contributed by atoms with Crippen molar-refractivity contribution in [3.05, 3.63) is 22.5 Å². The van der Waals surface area contributed by atoms with E-state index in [-0.39, 0.29) is 0 Å². The second-order valence-electron chi connectivity index (χ2n) is 5.08. The summed E-state index contributed by atoms with van der Waals surface area (Å²) in [7, 11) is -1.35. The minimum absolute atomic E-state index is 0.410. The van der Waals surface area contributed by atoms with Crippen LogP contribution in [0.15, 0.2) is 21.7 Å². The van der Waals surface area contributed by atoms with Crippen molar-refractivity contribution in [1.82, 2.24) is 14.2 Å². The van der Waals surface area contributed by atoms with Crippen molar-refractivity contribution < 1.29 is 8.42 Å². The Labute approximate surface area is 132 Å². The molecule has 1 aliphatic heterocycles. The van der Waals surface area contributed by atoms with Crippen molar-refractivity contribution in [3.8, 4) is 10.6 Å². The molecule has 0 unspecified atom stereocenters. The first kappa shape index (κ1) is 15.1. The highest BCUT2D eigenvalue weighted by atomic mass is 32.2. The van der Waals surface area contributed by atoms with Crippen molar-refractivity contribution in [3.63, 3.8) is 0 Å². The van der Waals surface area contributed by atoms with Gasteiger partial charge in [0.1, 0.15) is 4.21 Å². The van der Waals surface area contributed by atoms with E-state index in [2.05, 4.69) is 9.88 Å². The van der Waals surface area contributed by atoms with Crippen molar-refractivity contribution in [1.29, 1.82) is 0 Å². The smallest absolute Gasteiger partial charge is 0.252 e. The first-order valence-corrected chi connectivity index (χ1v) is 9.81. The molecule has 0 N–H and O–H groups in total. The third-order valence-corrected chi connectivity index (χ3v) is 7.76. The number of aromatic nitrogens is 1. The van der Waals surface area contributed by atoms with E-state index in [4.69, 9.17) is 0 Å². The summed E-state index contributed by atoms with van der Waals surface area (Å²) in [5, 5.41) is 2.95. The molecular weight excluding hydrogens is 326 g/mol. The average Bonchev–Trinajstić information content (AvgIpc) is 3.08. The molecule has 0 aliphatic carbocycles. The van der Waals surface area contributed by atoms with Crippen molar-refractivity contribution in [2.45, 2.75) is 11.1 Å². The Kier molecular flexibility index (Phi) is 4.15. The van der Waals surface area contributed by atoms with E-state index in [1.54, 1.807) is 21.7 Å². The SMILES string of the molecule is Cc1nc(-c2ccc(S(=O)(=O)N3CCN(C)CC3)s2)cs1. The standard InChI is InChI=1S/C13H17N3O2S3/c1-10-14-11(9-19-10)12-3-4-13(20-12)21(17,18)16-7-5-15(2)6-8-16/h3-4,9H,5-8H2,1-2H3. The van der Waals surface area contributed by atoms with Gasteiger partial charge in [-0.25, -0.2) is 13.4 Å². The fourth-order valence-electron chi connectivity index (χ4n) is 2.23. The number of thiazole rings is 1. The highest BCUT2D eigenvalue weighted by Crippen LogP contribution is 2.33. The maximum atomic E-state index is 12.6. The molecule has 1 aliphatic rings. The van der Waals surface area contributed by atoms with Crippen LogP contribution in [0.5, 0.6) is 0 Å². The van der Waals surface area contributed by atoms with Crippen molar-refractivity contribution in [2.75, 3.05) is 33.2 Å². The van der Waals surface area contributed by atoms with Gasteiger partial charge in [-0.05, 0) is 26.1 Å². The van der Waals surface area contributed by atoms with E-state index in [9.17, 15) is 8.42 Å². The molecular formula is C13H17N3O2S3. The van der Waals surface area contributed by atoms with E-state index in [0.29, 0.717) is 17.3 Å². The summed E-state index contributed by atoms with van der Waals surface area (Å²) in [4.78, 5) is 7.46. The topological polar surface area (TPSA) is 53.5 Å². The lowest BCUT2D eigenvalue weighted by molar-refractivity contribution is 0.222. The lowest BCUT2D eigenvalue weighted by atomic mass is 10.4. The summed E-state index contributed by atoms with van der Waals surface area (Å²) >= 11 is 2.88. The Bertz CT molecular complexity index is 727. The fraction of sp³-hybridized carbons (Fsp3) is 0.462. The van der Waals surface area contributed by atoms with E-state index >= 15 is 0 Å². The van der Waals surface area contributed by atoms with Gasteiger partial charge < -0.3 is 4.90 Å². The number of hydrogen-bond acceptors (Lipinski definition) is 6. The maximum absolute atomic E-state index is 12.6. The molecule has 114 valence electrons. The lowest BCUT2D eigenvalue weighted by Crippen LogP contribution is -2.46. The van der Waals surface area contributed by atoms with Crippen LogP contribution in [0, 0.1) is 6.92 Å². The normalized spacial score (nSPS) is 18.2. The molecule has 0 radical (unpaired) electrons. The van der Waals surface area contributed by atoms with Crippen LogP contribution in [0.2, 0.25) is 0 Å². The molecule has 0 aromatic carbocycles. The lowest BCUT2D eigenvalue weighted by Gasteiger charge is -2.31. The maximum Gasteiger partial charge on any atom is 0.252 e. The first-order valence-electron chi connectivity index (χ1n) is 6.68. The van der Waals surface area contributed by atoms with Crippen LogP contribution in [0.4, 0.5) is 0 Å². The van der Waals surface area contributed by atoms with Gasteiger partial charge in [0, 0.05) is 31.6 Å². The average molecular weight is 343 g/mol. The van der Waals surface area contributed by atoms with Crippen LogP contribution in [0.25, 0.3) is 10.6 Å². The van der Waals surface area contributed by atoms with Crippen molar-refractivity contribution >= 4 is 32.7 Å². The second-order valence-corrected chi connectivity index (χ2v) is 9.39. The number of nitrogens with zero attached hydrogens (tertiary/aromatic N) is 3. The molecule has 0 bridgehead atoms. The third kappa shape index (κ3) is 3.04. The summed E-state index contributed by atoms with van der Waals surface area (Å²) < 4.78 is 27.3. The van der Waals surface area contributed by atoms with Gasteiger partial charge in [0.2, 0.25) is 0 Å². The number of thiophene rings is 1. The number of hydrogen-bond donors (Lipinski definition) is 0. The molecule has 2 aromatic heterocycles. The van der Waals surface area contributed by atoms with Gasteiger partial charge in [-0.15, -0.1) is 22.7 Å². The van der Waals surface area contributed by atoms with Crippen LogP contribution < -0.4 is 0 Å². The number of likely N-dealkylation sites (N-methyl/N-ethyl adjacent to an activating group) is 1. The summed E-state index contributed by atoms with van der Waals surface area (Å²) in [6.07, 6.45) is 0. The predicted octanol–water partition coefficient (Wildman–Crippen LogP) is 2.12. The van der Waals surface area contributed by atoms with Crippen LogP contribution in [0.3, 0.4) is 0 Å². The summed E-state index contributed by atoms with van der Waals surface area (Å²) in [6.45, 7) is 4.62. The van der Waals surface area contributed by atoms with Gasteiger partial charge in [0.05, 0.1) is 15.6 Å². The summed E-state index contributed by atoms with van der Waals surface area (Å²) in [5.41, 5.74) is 0.863. The molecule has 0 spiro atoms. The van der Waals surface area contributed by atoms with E-state index in [1.807, 2.05) is 25.4 Å². The molecule has 0 saturated carbocycles. The van der Waals surface area contributed by atoms with E-state index in [1.165, 1.54) is 11.3 Å². The van der Waals surface area contributed by atoms with Gasteiger partial charge >= 0.3 is 0 Å². The molecule has 8 heteroatoms. The molecule has 3 rings (SSSR count). The minimum atomic E-state index is -3.37. The predicted molar refractivity (Wildman–Crippen MR) is 86.4 cm³/mol. The number of aryl methyl sites for hydroxylation is 1. The molecule has 3 heterocycles. The summed E-state index contributed by atoms with van der Waals surface area (Å²) in [5.74, 6) is 0. The van der Waals surface area contributed by atoms with E-state index < -0.39 is 10.0 Å². The largest absolute Gasteiger partial charge is 0.304 e. The molecule has 21 heavy (non-hydrogen) atoms. The highest BCUT2D eigenvalue weighted by Gasteiger charge is 2.28. The molecule has 2 aromatic rings. The van der Waals surface area contributed by atoms with Crippen LogP contribution in [-0.4, -0.2) is 55.8 Å². The number of rotatable bonds is 3. The molecule has 5 nitrogen and oxygen atoms in total. The Balaban J connectivity index is 1.85. The van der Waals surface area contributed by atoms with Gasteiger partial charge in [0.25, 0.3) is 10.0 Å². The zero-order chi connectivity index (χ0) is 15.0. The quantitative estimate of drug-likeness (QED) is 0.857. The monoisotopic (exact) mass is 343 g/mol. The number of piperazine rings is 1. The third-order valence-electron chi connectivity index (χ3n) is 3.51. The van der Waals surface area contributed by atoms with Gasteiger partial charge in [0.15, 0.2) is 0 Å². The Morgan fingerprint density at radius 2 is 1.90 bits per heavy atom. The Morgan fingerprint density at radius 3 is 2.52 bits per heavy atom. The Morgan fingerprint density at radius 1 is 1.19 bits per heavy atom. The zero-order valence-electron chi connectivity index (χ0n) is 11.9. The Hall–Kier alpha value is -0.800. The molecule has 0 atom stereocenters. The molecule has 1 saturated heterocycles. The zero-order valence-corrected chi connectivity index (χ0v) is 14.4. The van der Waals surface area contributed by atoms with Crippen LogP contribution >= 0.6 is 22.7 Å². The highest BCUT2D eigenvalue weighted by molar-refractivity contribution is 7.91. The van der Waals surface area contributed by atoms with Gasteiger partial charge in [-0.2, -0.15) is 4.31 Å². The second kappa shape index (κ2) is 5.77.